The molecule has 4 nitrogen and oxygen atoms in total. The van der Waals surface area contributed by atoms with Crippen molar-refractivity contribution < 1.29 is 9.90 Å². The molecule has 2 N–H and O–H groups in total. The number of carbonyl (C=O) groups excluding carboxylic acids is 1. The highest BCUT2D eigenvalue weighted by Gasteiger charge is 2.21. The molecule has 2 aromatic rings. The molecule has 1 atom stereocenters. The number of amides is 1. The van der Waals surface area contributed by atoms with Crippen LogP contribution in [0.2, 0.25) is 0 Å². The number of aromatic nitrogens is 1. The van der Waals surface area contributed by atoms with E-state index in [2.05, 4.69) is 5.32 Å². The summed E-state index contributed by atoms with van der Waals surface area (Å²) < 4.78 is 1.88. The Balaban J connectivity index is 2.27. The molecule has 1 amide bonds. The summed E-state index contributed by atoms with van der Waals surface area (Å²) in [6, 6.07) is 9.67. The van der Waals surface area contributed by atoms with Gasteiger partial charge in [0.05, 0.1) is 12.6 Å². The van der Waals surface area contributed by atoms with Crippen molar-refractivity contribution in [1.82, 2.24) is 9.88 Å². The zero-order valence-corrected chi connectivity index (χ0v) is 8.68. The van der Waals surface area contributed by atoms with E-state index < -0.39 is 6.10 Å². The van der Waals surface area contributed by atoms with Crippen LogP contribution in [0.15, 0.2) is 30.3 Å². The van der Waals surface area contributed by atoms with Gasteiger partial charge in [0, 0.05) is 17.4 Å². The smallest absolute Gasteiger partial charge is 0.268 e. The third kappa shape index (κ3) is 1.31. The SMILES string of the molecule is O=C1NC[C@H](O)Cn2c1cc1ccccc12. The van der Waals surface area contributed by atoms with Crippen LogP contribution in [0.5, 0.6) is 0 Å². The zero-order valence-electron chi connectivity index (χ0n) is 8.68. The maximum Gasteiger partial charge on any atom is 0.268 e. The van der Waals surface area contributed by atoms with Crippen molar-refractivity contribution >= 4 is 16.8 Å². The number of hydrogen-bond donors (Lipinski definition) is 2. The predicted molar refractivity (Wildman–Crippen MR) is 60.3 cm³/mol. The number of rotatable bonds is 0. The van der Waals surface area contributed by atoms with Gasteiger partial charge in [0.2, 0.25) is 0 Å². The summed E-state index contributed by atoms with van der Waals surface area (Å²) in [7, 11) is 0. The van der Waals surface area contributed by atoms with Crippen LogP contribution >= 0.6 is 0 Å². The second kappa shape index (κ2) is 3.35. The minimum Gasteiger partial charge on any atom is -0.389 e. The summed E-state index contributed by atoms with van der Waals surface area (Å²) in [4.78, 5) is 11.8. The van der Waals surface area contributed by atoms with Gasteiger partial charge >= 0.3 is 0 Å². The van der Waals surface area contributed by atoms with Crippen LogP contribution in [0.25, 0.3) is 10.9 Å². The van der Waals surface area contributed by atoms with E-state index in [1.54, 1.807) is 0 Å². The van der Waals surface area contributed by atoms with E-state index in [1.807, 2.05) is 34.9 Å². The van der Waals surface area contributed by atoms with Crippen LogP contribution in [0, 0.1) is 0 Å². The Kier molecular flexibility index (Phi) is 1.97. The lowest BCUT2D eigenvalue weighted by Gasteiger charge is -2.08. The fourth-order valence-corrected chi connectivity index (χ4v) is 2.17. The van der Waals surface area contributed by atoms with Crippen LogP contribution in [0.3, 0.4) is 0 Å². The van der Waals surface area contributed by atoms with Gasteiger partial charge in [-0.2, -0.15) is 0 Å². The number of para-hydroxylation sites is 1. The summed E-state index contributed by atoms with van der Waals surface area (Å²) in [6.45, 7) is 0.774. The second-order valence-corrected chi connectivity index (χ2v) is 4.06. The van der Waals surface area contributed by atoms with E-state index in [1.165, 1.54) is 0 Å². The lowest BCUT2D eigenvalue weighted by atomic mass is 10.2. The minimum atomic E-state index is -0.527. The van der Waals surface area contributed by atoms with Crippen LogP contribution in [0.1, 0.15) is 10.5 Å². The first-order chi connectivity index (χ1) is 7.75. The Morgan fingerprint density at radius 3 is 3.06 bits per heavy atom. The molecule has 16 heavy (non-hydrogen) atoms. The number of β-amino-alcohol motifs (C(OH)–C–C–N with tert-alkyl or cyclic N) is 1. The van der Waals surface area contributed by atoms with E-state index in [9.17, 15) is 9.90 Å². The summed E-state index contributed by atoms with van der Waals surface area (Å²) in [5.41, 5.74) is 1.62. The molecule has 0 spiro atoms. The first-order valence-corrected chi connectivity index (χ1v) is 5.30. The van der Waals surface area contributed by atoms with Gasteiger partial charge in [-0.05, 0) is 12.1 Å². The van der Waals surface area contributed by atoms with Crippen molar-refractivity contribution in [3.05, 3.63) is 36.0 Å². The number of hydrogen-bond acceptors (Lipinski definition) is 2. The number of fused-ring (bicyclic) bond motifs is 3. The van der Waals surface area contributed by atoms with Crippen LogP contribution in [-0.2, 0) is 6.54 Å². The van der Waals surface area contributed by atoms with E-state index in [-0.39, 0.29) is 5.91 Å². The van der Waals surface area contributed by atoms with E-state index in [0.29, 0.717) is 18.8 Å². The van der Waals surface area contributed by atoms with Crippen LogP contribution < -0.4 is 5.32 Å². The Morgan fingerprint density at radius 2 is 2.19 bits per heavy atom. The largest absolute Gasteiger partial charge is 0.389 e. The van der Waals surface area contributed by atoms with Crippen molar-refractivity contribution in [3.63, 3.8) is 0 Å². The number of benzene rings is 1. The highest BCUT2D eigenvalue weighted by Crippen LogP contribution is 2.21. The molecule has 0 radical (unpaired) electrons. The average molecular weight is 216 g/mol. The summed E-state index contributed by atoms with van der Waals surface area (Å²) in [6.07, 6.45) is -0.527. The Hall–Kier alpha value is -1.81. The topological polar surface area (TPSA) is 54.3 Å². The molecule has 0 unspecified atom stereocenters. The van der Waals surface area contributed by atoms with Crippen molar-refractivity contribution in [3.8, 4) is 0 Å². The third-order valence-corrected chi connectivity index (χ3v) is 2.93. The maximum atomic E-state index is 11.8. The van der Waals surface area contributed by atoms with Gasteiger partial charge in [0.25, 0.3) is 5.91 Å². The lowest BCUT2D eigenvalue weighted by Crippen LogP contribution is -2.29. The molecule has 0 fully saturated rings. The standard InChI is InChI=1S/C12H12N2O2/c15-9-6-13-12(16)11-5-8-3-1-2-4-10(8)14(11)7-9/h1-5,9,15H,6-7H2,(H,13,16)/t9-/m0/s1. The molecule has 0 saturated heterocycles. The molecule has 82 valence electrons. The van der Waals surface area contributed by atoms with Crippen molar-refractivity contribution in [2.75, 3.05) is 6.54 Å². The van der Waals surface area contributed by atoms with Crippen molar-refractivity contribution in [2.24, 2.45) is 0 Å². The monoisotopic (exact) mass is 216 g/mol. The molecule has 0 aliphatic carbocycles. The van der Waals surface area contributed by atoms with Gasteiger partial charge in [-0.15, -0.1) is 0 Å². The van der Waals surface area contributed by atoms with E-state index >= 15 is 0 Å². The first-order valence-electron chi connectivity index (χ1n) is 5.30. The summed E-state index contributed by atoms with van der Waals surface area (Å²) >= 11 is 0. The molecule has 0 saturated carbocycles. The quantitative estimate of drug-likeness (QED) is 0.682. The zero-order chi connectivity index (χ0) is 11.1. The Bertz CT molecular complexity index is 559. The van der Waals surface area contributed by atoms with Gasteiger partial charge in [-0.25, -0.2) is 0 Å². The Labute approximate surface area is 92.5 Å². The molecule has 2 heterocycles. The van der Waals surface area contributed by atoms with Gasteiger partial charge in [0.15, 0.2) is 0 Å². The highest BCUT2D eigenvalue weighted by atomic mass is 16.3. The third-order valence-electron chi connectivity index (χ3n) is 2.93. The fraction of sp³-hybridized carbons (Fsp3) is 0.250. The highest BCUT2D eigenvalue weighted by molar-refractivity contribution is 5.99. The lowest BCUT2D eigenvalue weighted by molar-refractivity contribution is 0.0931. The fourth-order valence-electron chi connectivity index (χ4n) is 2.17. The molecule has 3 rings (SSSR count). The number of carbonyl (C=O) groups is 1. The molecule has 0 bridgehead atoms. The predicted octanol–water partition coefficient (Wildman–Crippen LogP) is 0.746. The number of nitrogens with one attached hydrogen (secondary N) is 1. The molecule has 1 aliphatic rings. The van der Waals surface area contributed by atoms with Crippen molar-refractivity contribution in [2.45, 2.75) is 12.6 Å². The average Bonchev–Trinajstić information content (AvgIpc) is 2.59. The van der Waals surface area contributed by atoms with Crippen molar-refractivity contribution in [1.29, 1.82) is 0 Å². The van der Waals surface area contributed by atoms with Crippen LogP contribution in [-0.4, -0.2) is 28.2 Å². The van der Waals surface area contributed by atoms with Gasteiger partial charge in [-0.1, -0.05) is 18.2 Å². The molecule has 1 aliphatic heterocycles. The number of aliphatic hydroxyl groups is 1. The number of nitrogens with zero attached hydrogens (tertiary/aromatic N) is 1. The summed E-state index contributed by atoms with van der Waals surface area (Å²) in [5.74, 6) is -0.118. The summed E-state index contributed by atoms with van der Waals surface area (Å²) in [5, 5.41) is 13.4. The molecule has 1 aromatic heterocycles. The Morgan fingerprint density at radius 1 is 1.38 bits per heavy atom. The molecular weight excluding hydrogens is 204 g/mol. The molecule has 1 aromatic carbocycles. The van der Waals surface area contributed by atoms with E-state index in [4.69, 9.17) is 0 Å². The normalized spacial score (nSPS) is 20.3. The molecular formula is C12H12N2O2. The minimum absolute atomic E-state index is 0.118. The second-order valence-electron chi connectivity index (χ2n) is 4.06. The van der Waals surface area contributed by atoms with Gasteiger partial charge in [0.1, 0.15) is 5.69 Å². The first kappa shape index (κ1) is 9.42. The van der Waals surface area contributed by atoms with Crippen LogP contribution in [0.4, 0.5) is 0 Å². The maximum absolute atomic E-state index is 11.8. The van der Waals surface area contributed by atoms with Gasteiger partial charge < -0.3 is 15.0 Å². The number of aliphatic hydroxyl groups excluding tert-OH is 1. The van der Waals surface area contributed by atoms with Gasteiger partial charge in [-0.3, -0.25) is 4.79 Å². The van der Waals surface area contributed by atoms with E-state index in [0.717, 1.165) is 10.9 Å². The molecule has 4 heteroatoms.